The first kappa shape index (κ1) is 11.9. The number of allylic oxidation sites excluding steroid dienone is 1. The largest absolute Gasteiger partial charge is 0.306 e. The summed E-state index contributed by atoms with van der Waals surface area (Å²) in [4.78, 5) is 8.64. The Bertz CT molecular complexity index is 323. The minimum atomic E-state index is 0.174. The minimum absolute atomic E-state index is 0.174. The molecule has 1 aromatic heterocycles. The van der Waals surface area contributed by atoms with Crippen LogP contribution < -0.4 is 5.32 Å². The van der Waals surface area contributed by atoms with Gasteiger partial charge in [0.2, 0.25) is 0 Å². The fraction of sp³-hybridized carbons (Fsp3) is 0.500. The third kappa shape index (κ3) is 3.80. The molecule has 15 heavy (non-hydrogen) atoms. The highest BCUT2D eigenvalue weighted by Crippen LogP contribution is 2.12. The molecule has 82 valence electrons. The highest BCUT2D eigenvalue weighted by molar-refractivity contribution is 5.14. The van der Waals surface area contributed by atoms with E-state index in [0.29, 0.717) is 0 Å². The second-order valence-corrected chi connectivity index (χ2v) is 3.86. The molecule has 0 fully saturated rings. The van der Waals surface area contributed by atoms with E-state index in [0.717, 1.165) is 17.9 Å². The number of hydrogen-bond donors (Lipinski definition) is 1. The average molecular weight is 205 g/mol. The third-order valence-electron chi connectivity index (χ3n) is 2.04. The van der Waals surface area contributed by atoms with Crippen molar-refractivity contribution in [3.05, 3.63) is 35.4 Å². The molecule has 3 nitrogen and oxygen atoms in total. The van der Waals surface area contributed by atoms with Crippen LogP contribution >= 0.6 is 0 Å². The summed E-state index contributed by atoms with van der Waals surface area (Å²) in [5.41, 5.74) is 3.21. The van der Waals surface area contributed by atoms with E-state index < -0.39 is 0 Å². The Morgan fingerprint density at radius 2 is 2.13 bits per heavy atom. The zero-order chi connectivity index (χ0) is 11.3. The molecule has 1 aromatic rings. The summed E-state index contributed by atoms with van der Waals surface area (Å²) in [6, 6.07) is 0.174. The Hall–Kier alpha value is -1.22. The van der Waals surface area contributed by atoms with Gasteiger partial charge in [0.15, 0.2) is 0 Å². The van der Waals surface area contributed by atoms with Crippen LogP contribution in [-0.4, -0.2) is 16.5 Å². The number of hydrogen-bond acceptors (Lipinski definition) is 3. The summed E-state index contributed by atoms with van der Waals surface area (Å²) in [5.74, 6) is 0. The van der Waals surface area contributed by atoms with Crippen molar-refractivity contribution in [2.45, 2.75) is 33.7 Å². The van der Waals surface area contributed by atoms with Crippen molar-refractivity contribution in [3.63, 3.8) is 0 Å². The quantitative estimate of drug-likeness (QED) is 0.767. The number of aryl methyl sites for hydroxylation is 1. The van der Waals surface area contributed by atoms with Crippen LogP contribution in [0.25, 0.3) is 0 Å². The van der Waals surface area contributed by atoms with Gasteiger partial charge < -0.3 is 5.32 Å². The normalized spacial score (nSPS) is 12.3. The smallest absolute Gasteiger partial charge is 0.0795 e. The summed E-state index contributed by atoms with van der Waals surface area (Å²) in [6.07, 6.45) is 5.81. The summed E-state index contributed by atoms with van der Waals surface area (Å²) >= 11 is 0. The highest BCUT2D eigenvalue weighted by atomic mass is 14.9. The number of nitrogens with one attached hydrogen (secondary N) is 1. The molecule has 1 N–H and O–H groups in total. The van der Waals surface area contributed by atoms with Crippen LogP contribution in [0, 0.1) is 6.92 Å². The van der Waals surface area contributed by atoms with Crippen LogP contribution in [0.15, 0.2) is 24.0 Å². The molecule has 0 amide bonds. The van der Waals surface area contributed by atoms with Crippen molar-refractivity contribution >= 4 is 0 Å². The Balaban J connectivity index is 2.88. The van der Waals surface area contributed by atoms with Gasteiger partial charge in [0.25, 0.3) is 0 Å². The van der Waals surface area contributed by atoms with E-state index >= 15 is 0 Å². The number of likely N-dealkylation sites (N-methyl/N-ethyl adjacent to an activating group) is 1. The van der Waals surface area contributed by atoms with Gasteiger partial charge in [-0.1, -0.05) is 18.6 Å². The molecule has 0 spiro atoms. The highest BCUT2D eigenvalue weighted by Gasteiger charge is 2.08. The number of aromatic nitrogens is 2. The van der Waals surface area contributed by atoms with Gasteiger partial charge in [-0.25, -0.2) is 0 Å². The van der Waals surface area contributed by atoms with Crippen LogP contribution in [0.3, 0.4) is 0 Å². The van der Waals surface area contributed by atoms with Crippen molar-refractivity contribution < 1.29 is 0 Å². The van der Waals surface area contributed by atoms with Crippen molar-refractivity contribution in [1.29, 1.82) is 0 Å². The van der Waals surface area contributed by atoms with E-state index in [4.69, 9.17) is 0 Å². The summed E-state index contributed by atoms with van der Waals surface area (Å²) in [5, 5.41) is 3.37. The lowest BCUT2D eigenvalue weighted by Crippen LogP contribution is -2.20. The standard InChI is InChI=1S/C12H19N3/c1-5-13-11(6-9(2)3)12-8-14-10(4)7-15-12/h6-8,11,13H,5H2,1-4H3. The van der Waals surface area contributed by atoms with Gasteiger partial charge in [-0.3, -0.25) is 9.97 Å². The first-order valence-corrected chi connectivity index (χ1v) is 5.30. The van der Waals surface area contributed by atoms with Crippen molar-refractivity contribution in [3.8, 4) is 0 Å². The topological polar surface area (TPSA) is 37.8 Å². The lowest BCUT2D eigenvalue weighted by atomic mass is 10.1. The van der Waals surface area contributed by atoms with Gasteiger partial charge >= 0.3 is 0 Å². The van der Waals surface area contributed by atoms with Crippen molar-refractivity contribution in [2.75, 3.05) is 6.54 Å². The summed E-state index contributed by atoms with van der Waals surface area (Å²) in [7, 11) is 0. The predicted octanol–water partition coefficient (Wildman–Crippen LogP) is 2.40. The fourth-order valence-corrected chi connectivity index (χ4v) is 1.37. The molecule has 1 atom stereocenters. The molecule has 0 radical (unpaired) electrons. The molecule has 0 aliphatic carbocycles. The van der Waals surface area contributed by atoms with E-state index in [1.54, 1.807) is 6.20 Å². The molecule has 1 unspecified atom stereocenters. The Morgan fingerprint density at radius 3 is 2.60 bits per heavy atom. The SMILES string of the molecule is CCNC(C=C(C)C)c1cnc(C)cn1. The van der Waals surface area contributed by atoms with E-state index in [-0.39, 0.29) is 6.04 Å². The maximum Gasteiger partial charge on any atom is 0.0795 e. The van der Waals surface area contributed by atoms with Gasteiger partial charge in [-0.15, -0.1) is 0 Å². The van der Waals surface area contributed by atoms with Crippen LogP contribution in [-0.2, 0) is 0 Å². The van der Waals surface area contributed by atoms with Gasteiger partial charge in [-0.2, -0.15) is 0 Å². The van der Waals surface area contributed by atoms with Crippen LogP contribution in [0.2, 0.25) is 0 Å². The zero-order valence-electron chi connectivity index (χ0n) is 9.91. The maximum absolute atomic E-state index is 4.38. The first-order valence-electron chi connectivity index (χ1n) is 5.30. The lowest BCUT2D eigenvalue weighted by Gasteiger charge is -2.13. The monoisotopic (exact) mass is 205 g/mol. The van der Waals surface area contributed by atoms with Gasteiger partial charge in [-0.05, 0) is 27.3 Å². The zero-order valence-corrected chi connectivity index (χ0v) is 9.91. The van der Waals surface area contributed by atoms with Crippen molar-refractivity contribution in [1.82, 2.24) is 15.3 Å². The van der Waals surface area contributed by atoms with E-state index in [9.17, 15) is 0 Å². The maximum atomic E-state index is 4.38. The molecule has 0 aromatic carbocycles. The molecule has 1 heterocycles. The van der Waals surface area contributed by atoms with E-state index in [1.807, 2.05) is 13.1 Å². The third-order valence-corrected chi connectivity index (χ3v) is 2.04. The number of nitrogens with zero attached hydrogens (tertiary/aromatic N) is 2. The molecule has 0 saturated heterocycles. The summed E-state index contributed by atoms with van der Waals surface area (Å²) in [6.45, 7) is 9.13. The van der Waals surface area contributed by atoms with Gasteiger partial charge in [0.1, 0.15) is 0 Å². The Kier molecular flexibility index (Phi) is 4.43. The molecule has 0 saturated carbocycles. The van der Waals surface area contributed by atoms with Crippen LogP contribution in [0.1, 0.15) is 38.2 Å². The molecular weight excluding hydrogens is 186 g/mol. The van der Waals surface area contributed by atoms with E-state index in [2.05, 4.69) is 42.1 Å². The van der Waals surface area contributed by atoms with Crippen LogP contribution in [0.4, 0.5) is 0 Å². The van der Waals surface area contributed by atoms with Crippen molar-refractivity contribution in [2.24, 2.45) is 0 Å². The van der Waals surface area contributed by atoms with Gasteiger partial charge in [0, 0.05) is 6.20 Å². The second-order valence-electron chi connectivity index (χ2n) is 3.86. The van der Waals surface area contributed by atoms with E-state index in [1.165, 1.54) is 5.57 Å². The lowest BCUT2D eigenvalue weighted by molar-refractivity contribution is 0.625. The molecular formula is C12H19N3. The molecule has 0 aliphatic heterocycles. The second kappa shape index (κ2) is 5.61. The van der Waals surface area contributed by atoms with Crippen LogP contribution in [0.5, 0.6) is 0 Å². The number of rotatable bonds is 4. The molecule has 0 bridgehead atoms. The first-order chi connectivity index (χ1) is 7.13. The van der Waals surface area contributed by atoms with Gasteiger partial charge in [0.05, 0.1) is 23.6 Å². The Labute approximate surface area is 91.7 Å². The summed E-state index contributed by atoms with van der Waals surface area (Å²) < 4.78 is 0. The molecule has 0 aliphatic rings. The average Bonchev–Trinajstić information content (AvgIpc) is 2.17. The molecule has 3 heteroatoms. The fourth-order valence-electron chi connectivity index (χ4n) is 1.37. The predicted molar refractivity (Wildman–Crippen MR) is 62.6 cm³/mol. The molecule has 1 rings (SSSR count). The minimum Gasteiger partial charge on any atom is -0.306 e. The Morgan fingerprint density at radius 1 is 1.40 bits per heavy atom.